The molecule has 1 aromatic carbocycles. The third-order valence-corrected chi connectivity index (χ3v) is 5.19. The number of ether oxygens (including phenoxy) is 1. The van der Waals surface area contributed by atoms with Crippen LogP contribution in [0.25, 0.3) is 0 Å². The lowest BCUT2D eigenvalue weighted by molar-refractivity contribution is 0.160. The fourth-order valence-corrected chi connectivity index (χ4v) is 3.67. The van der Waals surface area contributed by atoms with Crippen LogP contribution in [0.2, 0.25) is 0 Å². The zero-order chi connectivity index (χ0) is 15.5. The lowest BCUT2D eigenvalue weighted by Gasteiger charge is -2.35. The Hall–Kier alpha value is -0.780. The Morgan fingerprint density at radius 3 is 2.73 bits per heavy atom. The summed E-state index contributed by atoms with van der Waals surface area (Å²) in [6, 6.07) is 4.51. The summed E-state index contributed by atoms with van der Waals surface area (Å²) in [6.07, 6.45) is 3.93. The Morgan fingerprint density at radius 2 is 2.09 bits per heavy atom. The summed E-state index contributed by atoms with van der Waals surface area (Å²) in [5, 5.41) is 13.6. The first-order valence-corrected chi connectivity index (χ1v) is 9.08. The topological polar surface area (TPSA) is 44.7 Å². The van der Waals surface area contributed by atoms with Crippen LogP contribution in [-0.4, -0.2) is 42.8 Å². The van der Waals surface area contributed by atoms with Gasteiger partial charge < -0.3 is 15.2 Å². The molecule has 0 spiro atoms. The molecular formula is C17H25BrN2O2. The van der Waals surface area contributed by atoms with Crippen molar-refractivity contribution in [3.8, 4) is 11.5 Å². The van der Waals surface area contributed by atoms with E-state index in [-0.39, 0.29) is 5.75 Å². The minimum Gasteiger partial charge on any atom is -0.503 e. The van der Waals surface area contributed by atoms with E-state index >= 15 is 0 Å². The molecule has 0 bridgehead atoms. The van der Waals surface area contributed by atoms with Crippen LogP contribution in [0, 0.1) is 5.92 Å². The zero-order valence-electron chi connectivity index (χ0n) is 13.1. The van der Waals surface area contributed by atoms with E-state index in [1.165, 1.54) is 24.8 Å². The highest BCUT2D eigenvalue weighted by Crippen LogP contribution is 2.43. The Balaban J connectivity index is 1.88. The van der Waals surface area contributed by atoms with Gasteiger partial charge in [0.25, 0.3) is 0 Å². The molecule has 1 aliphatic carbocycles. The molecule has 1 saturated heterocycles. The van der Waals surface area contributed by atoms with Gasteiger partial charge in [-0.3, -0.25) is 4.90 Å². The van der Waals surface area contributed by atoms with Crippen molar-refractivity contribution < 1.29 is 9.84 Å². The molecule has 2 fully saturated rings. The average Bonchev–Trinajstić information content (AvgIpc) is 3.34. The van der Waals surface area contributed by atoms with Gasteiger partial charge in [-0.05, 0) is 52.9 Å². The van der Waals surface area contributed by atoms with Crippen LogP contribution in [0.5, 0.6) is 11.5 Å². The van der Waals surface area contributed by atoms with Crippen LogP contribution >= 0.6 is 15.9 Å². The summed E-state index contributed by atoms with van der Waals surface area (Å²) < 4.78 is 6.33. The molecule has 22 heavy (non-hydrogen) atoms. The predicted molar refractivity (Wildman–Crippen MR) is 91.5 cm³/mol. The molecule has 1 aliphatic heterocycles. The average molecular weight is 369 g/mol. The molecule has 4 nitrogen and oxygen atoms in total. The third-order valence-electron chi connectivity index (χ3n) is 4.58. The third kappa shape index (κ3) is 3.76. The van der Waals surface area contributed by atoms with Gasteiger partial charge in [-0.1, -0.05) is 12.8 Å². The van der Waals surface area contributed by atoms with Crippen LogP contribution in [0.15, 0.2) is 16.6 Å². The van der Waals surface area contributed by atoms with Crippen molar-refractivity contribution >= 4 is 15.9 Å². The highest BCUT2D eigenvalue weighted by molar-refractivity contribution is 9.10. The van der Waals surface area contributed by atoms with E-state index in [1.54, 1.807) is 0 Å². The molecule has 122 valence electrons. The first kappa shape index (κ1) is 16.1. The molecule has 1 heterocycles. The second-order valence-corrected chi connectivity index (χ2v) is 7.12. The Morgan fingerprint density at radius 1 is 1.36 bits per heavy atom. The normalized spacial score (nSPS) is 20.8. The van der Waals surface area contributed by atoms with Crippen LogP contribution in [0.4, 0.5) is 0 Å². The molecule has 2 aliphatic rings. The van der Waals surface area contributed by atoms with Crippen molar-refractivity contribution in [2.45, 2.75) is 32.2 Å². The molecule has 3 rings (SSSR count). The van der Waals surface area contributed by atoms with Crippen molar-refractivity contribution in [2.75, 3.05) is 32.8 Å². The maximum absolute atomic E-state index is 10.1. The quantitative estimate of drug-likeness (QED) is 0.808. The molecule has 0 radical (unpaired) electrons. The Kier molecular flexibility index (Phi) is 5.26. The molecular weight excluding hydrogens is 344 g/mol. The molecule has 5 heteroatoms. The number of benzene rings is 1. The lowest BCUT2D eigenvalue weighted by Crippen LogP contribution is -2.45. The second-order valence-electron chi connectivity index (χ2n) is 6.26. The second kappa shape index (κ2) is 7.20. The fourth-order valence-electron chi connectivity index (χ4n) is 3.21. The van der Waals surface area contributed by atoms with Crippen molar-refractivity contribution in [1.82, 2.24) is 10.2 Å². The number of phenolic OH excluding ortho intramolecular Hbond substituents is 1. The van der Waals surface area contributed by atoms with Crippen molar-refractivity contribution in [1.29, 1.82) is 0 Å². The number of phenols is 1. The number of nitrogens with zero attached hydrogens (tertiary/aromatic N) is 1. The molecule has 1 atom stereocenters. The van der Waals surface area contributed by atoms with Crippen LogP contribution < -0.4 is 10.1 Å². The molecule has 1 aromatic rings. The standard InChI is InChI=1S/C17H25BrN2O2/c1-2-22-16-11-13(10-14(18)17(16)21)15(9-12-3-4-12)20-7-5-19-6-8-20/h10-12,15,19,21H,2-9H2,1H3/t15-/m1/s1. The van der Waals surface area contributed by atoms with Crippen LogP contribution in [-0.2, 0) is 0 Å². The van der Waals surface area contributed by atoms with E-state index in [0.29, 0.717) is 18.4 Å². The van der Waals surface area contributed by atoms with Gasteiger partial charge in [0.2, 0.25) is 0 Å². The molecule has 0 unspecified atom stereocenters. The number of hydrogen-bond acceptors (Lipinski definition) is 4. The molecule has 2 N–H and O–H groups in total. The van der Waals surface area contributed by atoms with E-state index in [4.69, 9.17) is 4.74 Å². The lowest BCUT2D eigenvalue weighted by atomic mass is 9.98. The summed E-state index contributed by atoms with van der Waals surface area (Å²) in [5.74, 6) is 1.65. The molecule has 0 amide bonds. The van der Waals surface area contributed by atoms with Crippen molar-refractivity contribution in [3.05, 3.63) is 22.2 Å². The minimum atomic E-state index is 0.205. The Labute approximate surface area is 141 Å². The smallest absolute Gasteiger partial charge is 0.172 e. The van der Waals surface area contributed by atoms with Gasteiger partial charge in [0.15, 0.2) is 11.5 Å². The first-order valence-electron chi connectivity index (χ1n) is 8.29. The van der Waals surface area contributed by atoms with Crippen LogP contribution in [0.1, 0.15) is 37.8 Å². The summed E-state index contributed by atoms with van der Waals surface area (Å²) in [5.41, 5.74) is 1.25. The van der Waals surface area contributed by atoms with Gasteiger partial charge in [0.1, 0.15) is 0 Å². The molecule has 1 saturated carbocycles. The van der Waals surface area contributed by atoms with E-state index in [9.17, 15) is 5.11 Å². The van der Waals surface area contributed by atoms with Gasteiger partial charge in [0.05, 0.1) is 11.1 Å². The minimum absolute atomic E-state index is 0.205. The van der Waals surface area contributed by atoms with Gasteiger partial charge in [0, 0.05) is 32.2 Å². The van der Waals surface area contributed by atoms with Gasteiger partial charge in [-0.25, -0.2) is 0 Å². The number of halogens is 1. The van der Waals surface area contributed by atoms with Gasteiger partial charge in [-0.15, -0.1) is 0 Å². The van der Waals surface area contributed by atoms with Gasteiger partial charge in [-0.2, -0.15) is 0 Å². The van der Waals surface area contributed by atoms with E-state index in [1.807, 2.05) is 13.0 Å². The zero-order valence-corrected chi connectivity index (χ0v) is 14.7. The number of nitrogens with one attached hydrogen (secondary N) is 1. The highest BCUT2D eigenvalue weighted by atomic mass is 79.9. The largest absolute Gasteiger partial charge is 0.503 e. The predicted octanol–water partition coefficient (Wildman–Crippen LogP) is 3.30. The maximum Gasteiger partial charge on any atom is 0.172 e. The van der Waals surface area contributed by atoms with E-state index < -0.39 is 0 Å². The van der Waals surface area contributed by atoms with Crippen molar-refractivity contribution in [3.63, 3.8) is 0 Å². The summed E-state index contributed by atoms with van der Waals surface area (Å²) in [7, 11) is 0. The number of piperazine rings is 1. The first-order chi connectivity index (χ1) is 10.7. The van der Waals surface area contributed by atoms with Crippen molar-refractivity contribution in [2.24, 2.45) is 5.92 Å². The number of aromatic hydroxyl groups is 1. The summed E-state index contributed by atoms with van der Waals surface area (Å²) >= 11 is 3.48. The van der Waals surface area contributed by atoms with Crippen LogP contribution in [0.3, 0.4) is 0 Å². The maximum atomic E-state index is 10.1. The van der Waals surface area contributed by atoms with E-state index in [2.05, 4.69) is 32.2 Å². The van der Waals surface area contributed by atoms with E-state index in [0.717, 1.165) is 36.6 Å². The Bertz CT molecular complexity index is 514. The number of rotatable bonds is 6. The monoisotopic (exact) mass is 368 g/mol. The number of hydrogen-bond donors (Lipinski definition) is 2. The molecule has 0 aromatic heterocycles. The summed E-state index contributed by atoms with van der Waals surface area (Å²) in [6.45, 7) is 6.78. The van der Waals surface area contributed by atoms with Gasteiger partial charge >= 0.3 is 0 Å². The summed E-state index contributed by atoms with van der Waals surface area (Å²) in [4.78, 5) is 2.57. The highest BCUT2D eigenvalue weighted by Gasteiger charge is 2.31. The fraction of sp³-hybridized carbons (Fsp3) is 0.647. The SMILES string of the molecule is CCOc1cc([C@@H](CC2CC2)N2CCNCC2)cc(Br)c1O.